The minimum atomic E-state index is -2.05. The first-order valence-electron chi connectivity index (χ1n) is 5.79. The van der Waals surface area contributed by atoms with E-state index in [9.17, 15) is 4.79 Å². The predicted molar refractivity (Wildman–Crippen MR) is 69.6 cm³/mol. The molecule has 0 atom stereocenters. The van der Waals surface area contributed by atoms with Gasteiger partial charge in [0, 0.05) is 26.6 Å². The molecule has 0 bridgehead atoms. The van der Waals surface area contributed by atoms with Crippen molar-refractivity contribution in [2.24, 2.45) is 0 Å². The van der Waals surface area contributed by atoms with E-state index in [0.29, 0.717) is 12.2 Å². The minimum Gasteiger partial charge on any atom is -0.462 e. The van der Waals surface area contributed by atoms with Crippen molar-refractivity contribution in [3.8, 4) is 0 Å². The Kier molecular flexibility index (Phi) is 5.97. The van der Waals surface area contributed by atoms with Gasteiger partial charge in [0.1, 0.15) is 0 Å². The van der Waals surface area contributed by atoms with E-state index in [1.165, 1.54) is 0 Å². The molecular weight excluding hydrogens is 250 g/mol. The number of nitrogens with zero attached hydrogens (tertiary/aromatic N) is 1. The highest BCUT2D eigenvalue weighted by Crippen LogP contribution is 2.13. The van der Waals surface area contributed by atoms with Gasteiger partial charge < -0.3 is 13.6 Å². The van der Waals surface area contributed by atoms with Crippen molar-refractivity contribution < 1.29 is 18.4 Å². The first kappa shape index (κ1) is 14.8. The Bertz CT molecular complexity index is 368. The van der Waals surface area contributed by atoms with Crippen molar-refractivity contribution in [1.29, 1.82) is 0 Å². The van der Waals surface area contributed by atoms with Crippen molar-refractivity contribution in [3.63, 3.8) is 0 Å². The van der Waals surface area contributed by atoms with Gasteiger partial charge >= 0.3 is 14.5 Å². The fourth-order valence-corrected chi connectivity index (χ4v) is 2.78. The molecule has 0 aromatic carbocycles. The molecule has 6 heteroatoms. The van der Waals surface area contributed by atoms with Gasteiger partial charge in [0.2, 0.25) is 0 Å². The molecule has 5 nitrogen and oxygen atoms in total. The van der Waals surface area contributed by atoms with Crippen LogP contribution in [0.3, 0.4) is 0 Å². The van der Waals surface area contributed by atoms with Gasteiger partial charge in [-0.3, -0.25) is 4.98 Å². The summed E-state index contributed by atoms with van der Waals surface area (Å²) in [5.41, 5.74) is 0.517. The first-order valence-corrected chi connectivity index (χ1v) is 8.31. The summed E-state index contributed by atoms with van der Waals surface area (Å²) in [4.78, 5) is 15.5. The molecule has 100 valence electrons. The van der Waals surface area contributed by atoms with Gasteiger partial charge in [-0.25, -0.2) is 4.79 Å². The van der Waals surface area contributed by atoms with E-state index < -0.39 is 8.56 Å². The van der Waals surface area contributed by atoms with Crippen molar-refractivity contribution >= 4 is 14.5 Å². The lowest BCUT2D eigenvalue weighted by Crippen LogP contribution is -2.36. The second-order valence-electron chi connectivity index (χ2n) is 4.02. The summed E-state index contributed by atoms with van der Waals surface area (Å²) in [6.07, 6.45) is 3.87. The van der Waals surface area contributed by atoms with Crippen LogP contribution in [-0.4, -0.2) is 40.3 Å². The van der Waals surface area contributed by atoms with E-state index in [2.05, 4.69) is 4.98 Å². The van der Waals surface area contributed by atoms with Crippen molar-refractivity contribution in [1.82, 2.24) is 4.98 Å². The second kappa shape index (κ2) is 7.25. The maximum absolute atomic E-state index is 11.6. The van der Waals surface area contributed by atoms with Crippen LogP contribution < -0.4 is 0 Å². The molecule has 0 fully saturated rings. The fourth-order valence-electron chi connectivity index (χ4n) is 1.42. The SMILES string of the molecule is CO[Si](C)(CCCOC(=O)c1ccncc1)OC. The highest BCUT2D eigenvalue weighted by atomic mass is 28.4. The van der Waals surface area contributed by atoms with E-state index in [0.717, 1.165) is 12.5 Å². The number of carbonyl (C=O) groups excluding carboxylic acids is 1. The zero-order chi connectivity index (χ0) is 13.4. The van der Waals surface area contributed by atoms with Crippen LogP contribution in [0.25, 0.3) is 0 Å². The van der Waals surface area contributed by atoms with Gasteiger partial charge in [-0.2, -0.15) is 0 Å². The molecule has 0 spiro atoms. The zero-order valence-corrected chi connectivity index (χ0v) is 12.0. The summed E-state index contributed by atoms with van der Waals surface area (Å²) in [6, 6.07) is 4.06. The Morgan fingerprint density at radius 3 is 2.44 bits per heavy atom. The number of hydrogen-bond donors (Lipinski definition) is 0. The molecule has 1 rings (SSSR count). The molecule has 0 radical (unpaired) electrons. The van der Waals surface area contributed by atoms with E-state index in [1.807, 2.05) is 6.55 Å². The van der Waals surface area contributed by atoms with Crippen LogP contribution in [0.1, 0.15) is 16.8 Å². The van der Waals surface area contributed by atoms with E-state index >= 15 is 0 Å². The number of aromatic nitrogens is 1. The van der Waals surface area contributed by atoms with Crippen LogP contribution in [0.2, 0.25) is 12.6 Å². The molecule has 0 aliphatic carbocycles. The van der Waals surface area contributed by atoms with Gasteiger partial charge in [0.25, 0.3) is 0 Å². The third kappa shape index (κ3) is 4.56. The zero-order valence-electron chi connectivity index (χ0n) is 11.0. The largest absolute Gasteiger partial charge is 0.462 e. The monoisotopic (exact) mass is 269 g/mol. The van der Waals surface area contributed by atoms with Crippen LogP contribution >= 0.6 is 0 Å². The Labute approximate surface area is 108 Å². The molecule has 1 heterocycles. The molecule has 1 aromatic heterocycles. The van der Waals surface area contributed by atoms with Crippen molar-refractivity contribution in [3.05, 3.63) is 30.1 Å². The number of esters is 1. The average Bonchev–Trinajstić information content (AvgIpc) is 2.44. The lowest BCUT2D eigenvalue weighted by Gasteiger charge is -2.22. The molecular formula is C12H19NO4Si. The van der Waals surface area contributed by atoms with Gasteiger partial charge in [-0.15, -0.1) is 0 Å². The Hall–Kier alpha value is -1.24. The van der Waals surface area contributed by atoms with Crippen LogP contribution in [0.15, 0.2) is 24.5 Å². The van der Waals surface area contributed by atoms with Gasteiger partial charge in [-0.1, -0.05) is 0 Å². The van der Waals surface area contributed by atoms with Crippen LogP contribution in [0, 0.1) is 0 Å². The van der Waals surface area contributed by atoms with Crippen molar-refractivity contribution in [2.45, 2.75) is 19.0 Å². The summed E-state index contributed by atoms with van der Waals surface area (Å²) in [6.45, 7) is 2.36. The highest BCUT2D eigenvalue weighted by molar-refractivity contribution is 6.65. The maximum atomic E-state index is 11.6. The van der Waals surface area contributed by atoms with E-state index in [4.69, 9.17) is 13.6 Å². The lowest BCUT2D eigenvalue weighted by atomic mass is 10.3. The fraction of sp³-hybridized carbons (Fsp3) is 0.500. The molecule has 0 N–H and O–H groups in total. The molecule has 0 saturated heterocycles. The van der Waals surface area contributed by atoms with Gasteiger partial charge in [-0.05, 0) is 31.1 Å². The topological polar surface area (TPSA) is 57.7 Å². The maximum Gasteiger partial charge on any atom is 0.338 e. The molecule has 0 aliphatic heterocycles. The molecule has 18 heavy (non-hydrogen) atoms. The summed E-state index contributed by atoms with van der Waals surface area (Å²) in [5.74, 6) is -0.324. The van der Waals surface area contributed by atoms with Gasteiger partial charge in [0.05, 0.1) is 12.2 Å². The summed E-state index contributed by atoms with van der Waals surface area (Å²) in [5, 5.41) is 0. The molecule has 1 aromatic rings. The first-order chi connectivity index (χ1) is 8.61. The Morgan fingerprint density at radius 2 is 1.89 bits per heavy atom. The predicted octanol–water partition coefficient (Wildman–Crippen LogP) is 1.99. The summed E-state index contributed by atoms with van der Waals surface area (Å²) in [7, 11) is 1.25. The normalized spacial score (nSPS) is 11.3. The number of hydrogen-bond acceptors (Lipinski definition) is 5. The Morgan fingerprint density at radius 1 is 1.28 bits per heavy atom. The van der Waals surface area contributed by atoms with E-state index in [1.54, 1.807) is 38.7 Å². The standard InChI is InChI=1S/C12H19NO4Si/c1-15-18(3,16-2)10-4-9-17-12(14)11-5-7-13-8-6-11/h5-8H,4,9-10H2,1-3H3. The van der Waals surface area contributed by atoms with Crippen LogP contribution in [-0.2, 0) is 13.6 Å². The third-order valence-corrected chi connectivity index (χ3v) is 5.78. The van der Waals surface area contributed by atoms with Gasteiger partial charge in [0.15, 0.2) is 0 Å². The number of carbonyl (C=O) groups is 1. The number of rotatable bonds is 7. The number of pyridine rings is 1. The minimum absolute atomic E-state index is 0.324. The summed E-state index contributed by atoms with van der Waals surface area (Å²) < 4.78 is 15.9. The average molecular weight is 269 g/mol. The third-order valence-electron chi connectivity index (χ3n) is 2.79. The van der Waals surface area contributed by atoms with Crippen LogP contribution in [0.4, 0.5) is 0 Å². The second-order valence-corrected chi connectivity index (χ2v) is 7.60. The molecule has 0 aliphatic rings. The quantitative estimate of drug-likeness (QED) is 0.430. The number of ether oxygens (including phenoxy) is 1. The van der Waals surface area contributed by atoms with Crippen molar-refractivity contribution in [2.75, 3.05) is 20.8 Å². The Balaban J connectivity index is 2.29. The smallest absolute Gasteiger partial charge is 0.338 e. The van der Waals surface area contributed by atoms with Crippen LogP contribution in [0.5, 0.6) is 0 Å². The summed E-state index contributed by atoms with van der Waals surface area (Å²) >= 11 is 0. The lowest BCUT2D eigenvalue weighted by molar-refractivity contribution is 0.0501. The molecule has 0 saturated carbocycles. The molecule has 0 amide bonds. The molecule has 0 unspecified atom stereocenters. The van der Waals surface area contributed by atoms with E-state index in [-0.39, 0.29) is 5.97 Å². The highest BCUT2D eigenvalue weighted by Gasteiger charge is 2.27.